The lowest BCUT2D eigenvalue weighted by Gasteiger charge is -2.28. The first-order valence-electron chi connectivity index (χ1n) is 11.9. The number of anilines is 2. The lowest BCUT2D eigenvalue weighted by atomic mass is 9.73. The second kappa shape index (κ2) is 7.94. The largest absolute Gasteiger partial charge is 0.322 e. The second-order valence-corrected chi connectivity index (χ2v) is 9.85. The molecule has 3 aliphatic rings. The van der Waals surface area contributed by atoms with Crippen LogP contribution in [0.2, 0.25) is 0 Å². The molecule has 0 aromatic heterocycles. The van der Waals surface area contributed by atoms with E-state index in [4.69, 9.17) is 0 Å². The van der Waals surface area contributed by atoms with Crippen molar-refractivity contribution in [2.45, 2.75) is 25.7 Å². The van der Waals surface area contributed by atoms with E-state index in [-0.39, 0.29) is 41.4 Å². The maximum absolute atomic E-state index is 13.6. The van der Waals surface area contributed by atoms with E-state index in [1.807, 2.05) is 37.3 Å². The third-order valence-electron chi connectivity index (χ3n) is 7.92. The van der Waals surface area contributed by atoms with Crippen molar-refractivity contribution < 1.29 is 14.4 Å². The smallest absolute Gasteiger partial charge is 0.255 e. The lowest BCUT2D eigenvalue weighted by Crippen LogP contribution is -2.33. The Hall–Kier alpha value is -3.73. The summed E-state index contributed by atoms with van der Waals surface area (Å²) < 4.78 is 0. The fourth-order valence-electron chi connectivity index (χ4n) is 6.43. The zero-order valence-electron chi connectivity index (χ0n) is 19.0. The Balaban J connectivity index is 1.24. The van der Waals surface area contributed by atoms with Gasteiger partial charge >= 0.3 is 0 Å². The molecule has 34 heavy (non-hydrogen) atoms. The highest BCUT2D eigenvalue weighted by Gasteiger charge is 2.64. The molecule has 3 aromatic rings. The minimum absolute atomic E-state index is 0.0870. The predicted molar refractivity (Wildman–Crippen MR) is 130 cm³/mol. The van der Waals surface area contributed by atoms with Crippen LogP contribution in [0.1, 0.15) is 40.2 Å². The van der Waals surface area contributed by atoms with E-state index in [0.29, 0.717) is 22.9 Å². The number of rotatable bonds is 4. The Morgan fingerprint density at radius 3 is 2.35 bits per heavy atom. The van der Waals surface area contributed by atoms with Crippen molar-refractivity contribution in [2.75, 3.05) is 10.2 Å². The van der Waals surface area contributed by atoms with Gasteiger partial charge in [0.05, 0.1) is 17.5 Å². The molecule has 170 valence electrons. The average molecular weight is 451 g/mol. The molecule has 3 aromatic carbocycles. The van der Waals surface area contributed by atoms with Crippen molar-refractivity contribution >= 4 is 29.1 Å². The molecule has 2 saturated carbocycles. The number of nitrogens with zero attached hydrogens (tertiary/aromatic N) is 1. The van der Waals surface area contributed by atoms with E-state index >= 15 is 0 Å². The summed E-state index contributed by atoms with van der Waals surface area (Å²) in [6.07, 6.45) is 1.92. The summed E-state index contributed by atoms with van der Waals surface area (Å²) in [7, 11) is 0. The third kappa shape index (κ3) is 3.26. The number of hydrogen-bond donors (Lipinski definition) is 1. The van der Waals surface area contributed by atoms with E-state index in [1.165, 1.54) is 10.5 Å². The highest BCUT2D eigenvalue weighted by Crippen LogP contribution is 2.61. The van der Waals surface area contributed by atoms with Crippen molar-refractivity contribution in [3.8, 4) is 0 Å². The van der Waals surface area contributed by atoms with Crippen molar-refractivity contribution in [1.29, 1.82) is 0 Å². The summed E-state index contributed by atoms with van der Waals surface area (Å²) in [5.74, 6) is -0.0674. The van der Waals surface area contributed by atoms with Crippen LogP contribution in [-0.2, 0) is 9.59 Å². The van der Waals surface area contributed by atoms with E-state index in [1.54, 1.807) is 36.4 Å². The topological polar surface area (TPSA) is 66.5 Å². The molecule has 2 aliphatic carbocycles. The highest BCUT2D eigenvalue weighted by molar-refractivity contribution is 6.23. The van der Waals surface area contributed by atoms with E-state index in [2.05, 4.69) is 17.4 Å². The van der Waals surface area contributed by atoms with Gasteiger partial charge < -0.3 is 5.32 Å². The number of benzene rings is 3. The molecule has 3 amide bonds. The van der Waals surface area contributed by atoms with Crippen LogP contribution in [0.15, 0.2) is 78.9 Å². The Morgan fingerprint density at radius 1 is 0.853 bits per heavy atom. The number of carbonyl (C=O) groups excluding carboxylic acids is 3. The summed E-state index contributed by atoms with van der Waals surface area (Å²) in [4.78, 5) is 41.0. The van der Waals surface area contributed by atoms with Gasteiger partial charge in [-0.2, -0.15) is 0 Å². The maximum atomic E-state index is 13.6. The molecule has 0 unspecified atom stereocenters. The molecule has 2 bridgehead atoms. The van der Waals surface area contributed by atoms with Gasteiger partial charge in [-0.3, -0.25) is 14.4 Å². The van der Waals surface area contributed by atoms with Gasteiger partial charge in [-0.05, 0) is 73.4 Å². The van der Waals surface area contributed by atoms with Crippen LogP contribution in [0.4, 0.5) is 11.4 Å². The predicted octanol–water partition coefficient (Wildman–Crippen LogP) is 5.18. The molecule has 6 rings (SSSR count). The zero-order chi connectivity index (χ0) is 23.4. The molecular weight excluding hydrogens is 424 g/mol. The maximum Gasteiger partial charge on any atom is 0.255 e. The van der Waals surface area contributed by atoms with Crippen LogP contribution in [0.5, 0.6) is 0 Å². The van der Waals surface area contributed by atoms with Crippen LogP contribution >= 0.6 is 0 Å². The first kappa shape index (κ1) is 20.8. The average Bonchev–Trinajstić information content (AvgIpc) is 3.51. The fraction of sp³-hybridized carbons (Fsp3) is 0.276. The van der Waals surface area contributed by atoms with Gasteiger partial charge in [0.2, 0.25) is 11.8 Å². The van der Waals surface area contributed by atoms with E-state index in [9.17, 15) is 14.4 Å². The first-order valence-corrected chi connectivity index (χ1v) is 11.9. The molecule has 5 atom stereocenters. The van der Waals surface area contributed by atoms with Crippen molar-refractivity contribution in [2.24, 2.45) is 23.7 Å². The molecule has 1 aliphatic heterocycles. The van der Waals surface area contributed by atoms with Crippen LogP contribution in [0.25, 0.3) is 0 Å². The van der Waals surface area contributed by atoms with Gasteiger partial charge in [0.1, 0.15) is 0 Å². The second-order valence-electron chi connectivity index (χ2n) is 9.85. The van der Waals surface area contributed by atoms with Crippen molar-refractivity contribution in [1.82, 2.24) is 0 Å². The third-order valence-corrected chi connectivity index (χ3v) is 7.92. The summed E-state index contributed by atoms with van der Waals surface area (Å²) in [6, 6.07) is 24.8. The molecule has 1 heterocycles. The molecule has 1 N–H and O–H groups in total. The molecule has 5 heteroatoms. The van der Waals surface area contributed by atoms with E-state index < -0.39 is 0 Å². The minimum atomic E-state index is -0.248. The number of amides is 3. The van der Waals surface area contributed by atoms with Gasteiger partial charge in [-0.15, -0.1) is 0 Å². The summed E-state index contributed by atoms with van der Waals surface area (Å²) in [5, 5.41) is 2.89. The highest BCUT2D eigenvalue weighted by atomic mass is 16.2. The van der Waals surface area contributed by atoms with Gasteiger partial charge in [-0.1, -0.05) is 54.1 Å². The standard InChI is InChI=1S/C29H26N2O3/c1-17-10-12-19(13-11-17)27(32)30-21-8-5-9-22(16-21)31-28(33)25-20-14-23(18-6-3-2-4-7-18)24(15-20)26(25)29(31)34/h2-13,16,20,23-26H,14-15H2,1H3,(H,30,32)/t20-,23-,24+,25+,26+/m0/s1. The van der Waals surface area contributed by atoms with Gasteiger partial charge in [0.25, 0.3) is 5.91 Å². The van der Waals surface area contributed by atoms with Crippen LogP contribution in [-0.4, -0.2) is 17.7 Å². The van der Waals surface area contributed by atoms with Crippen molar-refractivity contribution in [3.63, 3.8) is 0 Å². The normalized spacial score (nSPS) is 27.2. The van der Waals surface area contributed by atoms with Crippen LogP contribution < -0.4 is 10.2 Å². The van der Waals surface area contributed by atoms with Crippen LogP contribution in [0.3, 0.4) is 0 Å². The fourth-order valence-corrected chi connectivity index (χ4v) is 6.43. The number of imide groups is 1. The summed E-state index contributed by atoms with van der Waals surface area (Å²) >= 11 is 0. The number of nitrogens with one attached hydrogen (secondary N) is 1. The minimum Gasteiger partial charge on any atom is -0.322 e. The quantitative estimate of drug-likeness (QED) is 0.557. The Kier molecular flexibility index (Phi) is 4.87. The Bertz CT molecular complexity index is 1280. The Labute approximate surface area is 198 Å². The number of fused-ring (bicyclic) bond motifs is 5. The number of aryl methyl sites for hydroxylation is 1. The lowest BCUT2D eigenvalue weighted by molar-refractivity contribution is -0.123. The van der Waals surface area contributed by atoms with E-state index in [0.717, 1.165) is 18.4 Å². The molecule has 5 nitrogen and oxygen atoms in total. The number of hydrogen-bond acceptors (Lipinski definition) is 3. The molecule has 3 fully saturated rings. The monoisotopic (exact) mass is 450 g/mol. The molecular formula is C29H26N2O3. The zero-order valence-corrected chi connectivity index (χ0v) is 19.0. The SMILES string of the molecule is Cc1ccc(C(=O)Nc2cccc(N3C(=O)[C@@H]4[C@@H]5C[C@@H]([C@H]4C3=O)[C@H](c3ccccc3)C5)c2)cc1. The molecule has 0 radical (unpaired) electrons. The number of carbonyl (C=O) groups is 3. The van der Waals surface area contributed by atoms with Gasteiger partial charge in [-0.25, -0.2) is 4.90 Å². The van der Waals surface area contributed by atoms with Gasteiger partial charge in [0.15, 0.2) is 0 Å². The van der Waals surface area contributed by atoms with Gasteiger partial charge in [0, 0.05) is 11.3 Å². The van der Waals surface area contributed by atoms with Crippen molar-refractivity contribution in [3.05, 3.63) is 95.6 Å². The van der Waals surface area contributed by atoms with Crippen LogP contribution in [0, 0.1) is 30.6 Å². The summed E-state index contributed by atoms with van der Waals surface area (Å²) in [5.41, 5.74) is 4.00. The molecule has 1 saturated heterocycles. The summed E-state index contributed by atoms with van der Waals surface area (Å²) in [6.45, 7) is 1.97. The Morgan fingerprint density at radius 2 is 1.59 bits per heavy atom. The molecule has 0 spiro atoms. The first-order chi connectivity index (χ1) is 16.5.